The number of nitrogens with one attached hydrogen (secondary N) is 1. The lowest BCUT2D eigenvalue weighted by Gasteiger charge is -2.27. The van der Waals surface area contributed by atoms with Crippen LogP contribution in [0.4, 0.5) is 0 Å². The minimum atomic E-state index is -0.219. The third-order valence-corrected chi connectivity index (χ3v) is 4.00. The molecule has 1 amide bonds. The van der Waals surface area contributed by atoms with Gasteiger partial charge < -0.3 is 15.8 Å². The molecule has 2 unspecified atom stereocenters. The van der Waals surface area contributed by atoms with Crippen LogP contribution < -0.4 is 11.1 Å². The monoisotopic (exact) mass is 328 g/mol. The molecular formula is C17H29ClN2O2. The maximum Gasteiger partial charge on any atom is 0.223 e. The van der Waals surface area contributed by atoms with Crippen LogP contribution >= 0.6 is 12.4 Å². The minimum absolute atomic E-state index is 0. The molecule has 1 aromatic rings. The minimum Gasteiger partial charge on any atom is -0.380 e. The summed E-state index contributed by atoms with van der Waals surface area (Å²) in [5, 5.41) is 3.16. The van der Waals surface area contributed by atoms with Crippen LogP contribution in [0.15, 0.2) is 30.3 Å². The van der Waals surface area contributed by atoms with Gasteiger partial charge in [-0.05, 0) is 11.5 Å². The largest absolute Gasteiger partial charge is 0.380 e. The van der Waals surface area contributed by atoms with Gasteiger partial charge in [0, 0.05) is 13.7 Å². The molecular weight excluding hydrogens is 300 g/mol. The molecule has 0 fully saturated rings. The molecule has 0 aliphatic rings. The van der Waals surface area contributed by atoms with Crippen molar-refractivity contribution >= 4 is 18.3 Å². The molecule has 126 valence electrons. The van der Waals surface area contributed by atoms with Crippen LogP contribution in [-0.2, 0) is 9.53 Å². The summed E-state index contributed by atoms with van der Waals surface area (Å²) in [5.41, 5.74) is 6.73. The second kappa shape index (κ2) is 11.5. The Labute approximate surface area is 140 Å². The van der Waals surface area contributed by atoms with Crippen LogP contribution in [0.5, 0.6) is 0 Å². The first kappa shape index (κ1) is 20.9. The van der Waals surface area contributed by atoms with Gasteiger partial charge >= 0.3 is 0 Å². The summed E-state index contributed by atoms with van der Waals surface area (Å²) in [6, 6.07) is 10.2. The molecule has 4 nitrogen and oxygen atoms in total. The van der Waals surface area contributed by atoms with Crippen molar-refractivity contribution in [2.24, 2.45) is 11.7 Å². The van der Waals surface area contributed by atoms with Crippen molar-refractivity contribution in [3.8, 4) is 0 Å². The molecule has 0 bridgehead atoms. The number of hydrogen-bond acceptors (Lipinski definition) is 3. The van der Waals surface area contributed by atoms with Crippen LogP contribution in [-0.4, -0.2) is 25.7 Å². The Kier molecular flexibility index (Phi) is 10.9. The van der Waals surface area contributed by atoms with Crippen LogP contribution in [0.25, 0.3) is 0 Å². The van der Waals surface area contributed by atoms with E-state index >= 15 is 0 Å². The molecule has 3 N–H and O–H groups in total. The molecule has 0 aliphatic carbocycles. The highest BCUT2D eigenvalue weighted by atomic mass is 35.5. The van der Waals surface area contributed by atoms with Crippen LogP contribution in [0.1, 0.15) is 44.7 Å². The standard InChI is InChI=1S/C17H28N2O2.ClH/c1-4-13(5-2)17(14-9-7-6-8-10-14)19-16(20)11-15(12-18)21-3;/h6-10,13,15,17H,4-5,11-12,18H2,1-3H3,(H,19,20);1H. The van der Waals surface area contributed by atoms with E-state index in [4.69, 9.17) is 10.5 Å². The molecule has 0 saturated heterocycles. The van der Waals surface area contributed by atoms with E-state index in [2.05, 4.69) is 31.3 Å². The first-order chi connectivity index (χ1) is 10.2. The van der Waals surface area contributed by atoms with E-state index in [0.29, 0.717) is 18.9 Å². The van der Waals surface area contributed by atoms with Gasteiger partial charge in [-0.3, -0.25) is 4.79 Å². The number of hydrogen-bond donors (Lipinski definition) is 2. The van der Waals surface area contributed by atoms with Crippen molar-refractivity contribution in [3.63, 3.8) is 0 Å². The highest BCUT2D eigenvalue weighted by Gasteiger charge is 2.23. The second-order valence-corrected chi connectivity index (χ2v) is 5.33. The molecule has 0 aliphatic heterocycles. The lowest BCUT2D eigenvalue weighted by atomic mass is 9.88. The van der Waals surface area contributed by atoms with Crippen LogP contribution in [0.3, 0.4) is 0 Å². The van der Waals surface area contributed by atoms with E-state index < -0.39 is 0 Å². The van der Waals surface area contributed by atoms with E-state index in [-0.39, 0.29) is 30.5 Å². The quantitative estimate of drug-likeness (QED) is 0.732. The third-order valence-electron chi connectivity index (χ3n) is 4.00. The maximum atomic E-state index is 12.2. The Hall–Kier alpha value is -1.10. The number of methoxy groups -OCH3 is 1. The van der Waals surface area contributed by atoms with E-state index in [1.165, 1.54) is 0 Å². The van der Waals surface area contributed by atoms with Crippen molar-refractivity contribution in [3.05, 3.63) is 35.9 Å². The molecule has 0 spiro atoms. The zero-order valence-electron chi connectivity index (χ0n) is 13.7. The maximum absolute atomic E-state index is 12.2. The topological polar surface area (TPSA) is 64.4 Å². The van der Waals surface area contributed by atoms with Gasteiger partial charge in [0.25, 0.3) is 0 Å². The van der Waals surface area contributed by atoms with Gasteiger partial charge in [0.15, 0.2) is 0 Å². The fourth-order valence-electron chi connectivity index (χ4n) is 2.60. The van der Waals surface area contributed by atoms with Gasteiger partial charge in [-0.15, -0.1) is 12.4 Å². The van der Waals surface area contributed by atoms with E-state index in [0.717, 1.165) is 18.4 Å². The zero-order valence-corrected chi connectivity index (χ0v) is 14.6. The van der Waals surface area contributed by atoms with Gasteiger partial charge in [0.1, 0.15) is 0 Å². The summed E-state index contributed by atoms with van der Waals surface area (Å²) < 4.78 is 5.18. The molecule has 0 aromatic heterocycles. The van der Waals surface area contributed by atoms with Gasteiger partial charge in [-0.25, -0.2) is 0 Å². The highest BCUT2D eigenvalue weighted by molar-refractivity contribution is 5.85. The number of nitrogens with two attached hydrogens (primary N) is 1. The summed E-state index contributed by atoms with van der Waals surface area (Å²) >= 11 is 0. The van der Waals surface area contributed by atoms with E-state index in [1.54, 1.807) is 7.11 Å². The molecule has 22 heavy (non-hydrogen) atoms. The fourth-order valence-corrected chi connectivity index (χ4v) is 2.60. The van der Waals surface area contributed by atoms with E-state index in [1.807, 2.05) is 18.2 Å². The number of benzene rings is 1. The Balaban J connectivity index is 0.00000441. The zero-order chi connectivity index (χ0) is 15.7. The predicted molar refractivity (Wildman–Crippen MR) is 93.1 cm³/mol. The molecule has 2 atom stereocenters. The van der Waals surface area contributed by atoms with Crippen molar-refractivity contribution in [1.29, 1.82) is 0 Å². The Morgan fingerprint density at radius 1 is 1.23 bits per heavy atom. The lowest BCUT2D eigenvalue weighted by molar-refractivity contribution is -0.124. The molecule has 0 saturated carbocycles. The number of carbonyl (C=O) groups is 1. The SMILES string of the molecule is CCC(CC)C(NC(=O)CC(CN)OC)c1ccccc1.Cl. The molecule has 5 heteroatoms. The Morgan fingerprint density at radius 2 is 1.82 bits per heavy atom. The first-order valence-corrected chi connectivity index (χ1v) is 7.73. The highest BCUT2D eigenvalue weighted by Crippen LogP contribution is 2.27. The summed E-state index contributed by atoms with van der Waals surface area (Å²) in [6.45, 7) is 4.67. The third kappa shape index (κ3) is 6.34. The smallest absolute Gasteiger partial charge is 0.223 e. The Bertz CT molecular complexity index is 406. The summed E-state index contributed by atoms with van der Waals surface area (Å²) in [7, 11) is 1.58. The molecule has 0 heterocycles. The predicted octanol–water partition coefficient (Wildman–Crippen LogP) is 3.07. The van der Waals surface area contributed by atoms with E-state index in [9.17, 15) is 4.79 Å². The second-order valence-electron chi connectivity index (χ2n) is 5.33. The summed E-state index contributed by atoms with van der Waals surface area (Å²) in [4.78, 5) is 12.2. The number of ether oxygens (including phenoxy) is 1. The van der Waals surface area contributed by atoms with Crippen molar-refractivity contribution < 1.29 is 9.53 Å². The summed E-state index contributed by atoms with van der Waals surface area (Å²) in [5.74, 6) is 0.420. The van der Waals surface area contributed by atoms with Crippen LogP contribution in [0.2, 0.25) is 0 Å². The number of halogens is 1. The number of amides is 1. The van der Waals surface area contributed by atoms with Gasteiger partial charge in [-0.1, -0.05) is 57.0 Å². The van der Waals surface area contributed by atoms with Gasteiger partial charge in [0.05, 0.1) is 18.6 Å². The molecule has 0 radical (unpaired) electrons. The van der Waals surface area contributed by atoms with Crippen molar-refractivity contribution in [2.75, 3.05) is 13.7 Å². The Morgan fingerprint density at radius 3 is 2.27 bits per heavy atom. The normalized spacial score (nSPS) is 13.3. The summed E-state index contributed by atoms with van der Waals surface area (Å²) in [6.07, 6.45) is 2.14. The van der Waals surface area contributed by atoms with Gasteiger partial charge in [-0.2, -0.15) is 0 Å². The molecule has 1 aromatic carbocycles. The number of rotatable bonds is 9. The van der Waals surface area contributed by atoms with Crippen LogP contribution in [0, 0.1) is 5.92 Å². The molecule has 1 rings (SSSR count). The fraction of sp³-hybridized carbons (Fsp3) is 0.588. The van der Waals surface area contributed by atoms with Crippen molar-refractivity contribution in [1.82, 2.24) is 5.32 Å². The van der Waals surface area contributed by atoms with Crippen molar-refractivity contribution in [2.45, 2.75) is 45.3 Å². The average molecular weight is 329 g/mol. The average Bonchev–Trinajstić information content (AvgIpc) is 2.53. The van der Waals surface area contributed by atoms with Gasteiger partial charge in [0.2, 0.25) is 5.91 Å². The number of carbonyl (C=O) groups excluding carboxylic acids is 1. The first-order valence-electron chi connectivity index (χ1n) is 7.73. The lowest BCUT2D eigenvalue weighted by Crippen LogP contribution is -2.37.